The van der Waals surface area contributed by atoms with Crippen LogP contribution in [0.5, 0.6) is 0 Å². The average Bonchev–Trinajstić information content (AvgIpc) is 2.71. The largest absolute Gasteiger partial charge is 0.341 e. The smallest absolute Gasteiger partial charge is 0.233 e. The maximum absolute atomic E-state index is 4.83. The molecule has 2 aliphatic heterocycles. The Morgan fingerprint density at radius 2 is 1.19 bits per heavy atom. The van der Waals surface area contributed by atoms with Crippen molar-refractivity contribution in [2.24, 2.45) is 0 Å². The number of nitrogens with zero attached hydrogens (tertiary/aromatic N) is 5. The van der Waals surface area contributed by atoms with Gasteiger partial charge in [-0.25, -0.2) is 0 Å². The highest BCUT2D eigenvalue weighted by atomic mass is 15.4. The molecule has 0 aliphatic carbocycles. The van der Waals surface area contributed by atoms with Crippen molar-refractivity contribution in [3.63, 3.8) is 0 Å². The zero-order valence-corrected chi connectivity index (χ0v) is 15.6. The van der Waals surface area contributed by atoms with Gasteiger partial charge in [0.25, 0.3) is 0 Å². The molecule has 6 nitrogen and oxygen atoms in total. The highest BCUT2D eigenvalue weighted by Gasteiger charge is 2.20. The zero-order valence-electron chi connectivity index (χ0n) is 15.6. The molecule has 138 valence electrons. The molecule has 0 spiro atoms. The Balaban J connectivity index is 1.63. The summed E-state index contributed by atoms with van der Waals surface area (Å²) in [4.78, 5) is 18.9. The van der Waals surface area contributed by atoms with Crippen LogP contribution in [0.1, 0.15) is 44.1 Å². The Bertz CT molecular complexity index is 681. The molecule has 2 saturated heterocycles. The van der Waals surface area contributed by atoms with Crippen LogP contribution in [0.4, 0.5) is 23.5 Å². The van der Waals surface area contributed by atoms with E-state index < -0.39 is 0 Å². The van der Waals surface area contributed by atoms with E-state index in [1.165, 1.54) is 44.1 Å². The molecule has 3 heterocycles. The predicted molar refractivity (Wildman–Crippen MR) is 106 cm³/mol. The second-order valence-electron chi connectivity index (χ2n) is 7.35. The molecule has 0 bridgehead atoms. The average molecular weight is 352 g/mol. The summed E-state index contributed by atoms with van der Waals surface area (Å²) in [5.74, 6) is 2.27. The van der Waals surface area contributed by atoms with Gasteiger partial charge in [-0.3, -0.25) is 0 Å². The highest BCUT2D eigenvalue weighted by molar-refractivity contribution is 5.56. The van der Waals surface area contributed by atoms with Crippen LogP contribution in [0.15, 0.2) is 24.3 Å². The molecule has 1 N–H and O–H groups in total. The lowest BCUT2D eigenvalue weighted by Crippen LogP contribution is -2.34. The van der Waals surface area contributed by atoms with Gasteiger partial charge in [-0.15, -0.1) is 0 Å². The standard InChI is InChI=1S/C20H28N6/c1-16-8-10-17(11-9-16)21-18-22-19(25-12-4-2-5-13-25)24-20(23-18)26-14-6-3-7-15-26/h8-11H,2-7,12-15H2,1H3,(H,21,22,23,24). The maximum atomic E-state index is 4.83. The molecular weight excluding hydrogens is 324 g/mol. The van der Waals surface area contributed by atoms with Crippen molar-refractivity contribution in [1.82, 2.24) is 15.0 Å². The minimum atomic E-state index is 0.644. The molecule has 1 aromatic heterocycles. The zero-order chi connectivity index (χ0) is 17.8. The molecule has 0 radical (unpaired) electrons. The first-order valence-electron chi connectivity index (χ1n) is 9.88. The van der Waals surface area contributed by atoms with E-state index in [1.807, 2.05) is 0 Å². The normalized spacial score (nSPS) is 18.0. The van der Waals surface area contributed by atoms with Gasteiger partial charge in [-0.2, -0.15) is 15.0 Å². The SMILES string of the molecule is Cc1ccc(Nc2nc(N3CCCCC3)nc(N3CCCCC3)n2)cc1. The van der Waals surface area contributed by atoms with E-state index in [1.54, 1.807) is 0 Å². The fourth-order valence-corrected chi connectivity index (χ4v) is 3.65. The molecule has 0 unspecified atom stereocenters. The molecule has 4 rings (SSSR count). The molecular formula is C20H28N6. The summed E-state index contributed by atoms with van der Waals surface area (Å²) in [6.07, 6.45) is 7.46. The predicted octanol–water partition coefficient (Wildman–Crippen LogP) is 3.90. The van der Waals surface area contributed by atoms with E-state index in [0.29, 0.717) is 5.95 Å². The molecule has 6 heteroatoms. The van der Waals surface area contributed by atoms with Gasteiger partial charge in [0.1, 0.15) is 0 Å². The number of piperidine rings is 2. The lowest BCUT2D eigenvalue weighted by Gasteiger charge is -2.30. The van der Waals surface area contributed by atoms with Crippen LogP contribution in [0, 0.1) is 6.92 Å². The quantitative estimate of drug-likeness (QED) is 0.900. The van der Waals surface area contributed by atoms with E-state index >= 15 is 0 Å². The summed E-state index contributed by atoms with van der Waals surface area (Å²) < 4.78 is 0. The van der Waals surface area contributed by atoms with E-state index in [0.717, 1.165) is 43.8 Å². The maximum Gasteiger partial charge on any atom is 0.233 e. The fraction of sp³-hybridized carbons (Fsp3) is 0.550. The summed E-state index contributed by atoms with van der Waals surface area (Å²) in [6, 6.07) is 8.34. The summed E-state index contributed by atoms with van der Waals surface area (Å²) >= 11 is 0. The van der Waals surface area contributed by atoms with Gasteiger partial charge in [0.2, 0.25) is 17.8 Å². The number of aromatic nitrogens is 3. The van der Waals surface area contributed by atoms with Crippen molar-refractivity contribution in [1.29, 1.82) is 0 Å². The molecule has 1 aromatic carbocycles. The summed E-state index contributed by atoms with van der Waals surface area (Å²) in [5.41, 5.74) is 2.25. The number of aryl methyl sites for hydroxylation is 1. The van der Waals surface area contributed by atoms with E-state index in [-0.39, 0.29) is 0 Å². The van der Waals surface area contributed by atoms with Gasteiger partial charge in [-0.1, -0.05) is 17.7 Å². The number of nitrogens with one attached hydrogen (secondary N) is 1. The second kappa shape index (κ2) is 7.89. The number of hydrogen-bond donors (Lipinski definition) is 1. The Labute approximate surface area is 155 Å². The lowest BCUT2D eigenvalue weighted by molar-refractivity contribution is 0.556. The van der Waals surface area contributed by atoms with Crippen molar-refractivity contribution in [3.05, 3.63) is 29.8 Å². The van der Waals surface area contributed by atoms with Crippen LogP contribution in [0.2, 0.25) is 0 Å². The molecule has 0 amide bonds. The van der Waals surface area contributed by atoms with Crippen LogP contribution < -0.4 is 15.1 Å². The van der Waals surface area contributed by atoms with Crippen molar-refractivity contribution in [2.45, 2.75) is 45.4 Å². The number of anilines is 4. The van der Waals surface area contributed by atoms with E-state index in [9.17, 15) is 0 Å². The van der Waals surface area contributed by atoms with Crippen LogP contribution in [-0.4, -0.2) is 41.1 Å². The van der Waals surface area contributed by atoms with Crippen LogP contribution in [-0.2, 0) is 0 Å². The van der Waals surface area contributed by atoms with Gasteiger partial charge in [-0.05, 0) is 57.6 Å². The second-order valence-corrected chi connectivity index (χ2v) is 7.35. The monoisotopic (exact) mass is 352 g/mol. The first-order chi connectivity index (χ1) is 12.8. The van der Waals surface area contributed by atoms with Crippen molar-refractivity contribution in [2.75, 3.05) is 41.3 Å². The van der Waals surface area contributed by atoms with Crippen LogP contribution in [0.25, 0.3) is 0 Å². The van der Waals surface area contributed by atoms with Crippen LogP contribution in [0.3, 0.4) is 0 Å². The van der Waals surface area contributed by atoms with Crippen LogP contribution >= 0.6 is 0 Å². The lowest BCUT2D eigenvalue weighted by atomic mass is 10.1. The minimum Gasteiger partial charge on any atom is -0.341 e. The fourth-order valence-electron chi connectivity index (χ4n) is 3.65. The topological polar surface area (TPSA) is 57.2 Å². The molecule has 2 fully saturated rings. The summed E-state index contributed by atoms with van der Waals surface area (Å²) in [6.45, 7) is 6.23. The Kier molecular flexibility index (Phi) is 5.18. The summed E-state index contributed by atoms with van der Waals surface area (Å²) in [5, 5.41) is 3.37. The van der Waals surface area contributed by atoms with Gasteiger partial charge >= 0.3 is 0 Å². The van der Waals surface area contributed by atoms with E-state index in [4.69, 9.17) is 15.0 Å². The molecule has 2 aromatic rings. The Hall–Kier alpha value is -2.37. The van der Waals surface area contributed by atoms with E-state index in [2.05, 4.69) is 46.3 Å². The van der Waals surface area contributed by atoms with Gasteiger partial charge in [0.05, 0.1) is 0 Å². The van der Waals surface area contributed by atoms with Gasteiger partial charge in [0, 0.05) is 31.9 Å². The number of hydrogen-bond acceptors (Lipinski definition) is 6. The molecule has 0 atom stereocenters. The molecule has 0 saturated carbocycles. The van der Waals surface area contributed by atoms with Gasteiger partial charge < -0.3 is 15.1 Å². The first-order valence-corrected chi connectivity index (χ1v) is 9.88. The van der Waals surface area contributed by atoms with Gasteiger partial charge in [0.15, 0.2) is 0 Å². The highest BCUT2D eigenvalue weighted by Crippen LogP contribution is 2.24. The Morgan fingerprint density at radius 3 is 1.69 bits per heavy atom. The third-order valence-electron chi connectivity index (χ3n) is 5.20. The first kappa shape index (κ1) is 17.1. The summed E-state index contributed by atoms with van der Waals surface area (Å²) in [7, 11) is 0. The number of benzene rings is 1. The third-order valence-corrected chi connectivity index (χ3v) is 5.20. The van der Waals surface area contributed by atoms with Crippen molar-refractivity contribution in [3.8, 4) is 0 Å². The number of rotatable bonds is 4. The van der Waals surface area contributed by atoms with Crippen molar-refractivity contribution >= 4 is 23.5 Å². The minimum absolute atomic E-state index is 0.644. The van der Waals surface area contributed by atoms with Crippen molar-refractivity contribution < 1.29 is 0 Å². The molecule has 2 aliphatic rings. The molecule has 26 heavy (non-hydrogen) atoms. The third kappa shape index (κ3) is 4.06. The Morgan fingerprint density at radius 1 is 0.692 bits per heavy atom.